The van der Waals surface area contributed by atoms with Crippen molar-refractivity contribution >= 4 is 17.6 Å². The van der Waals surface area contributed by atoms with E-state index in [1.807, 2.05) is 0 Å². The number of benzene rings is 1. The molecule has 9 heteroatoms. The van der Waals surface area contributed by atoms with Crippen LogP contribution in [0.25, 0.3) is 0 Å². The fraction of sp³-hybridized carbons (Fsp3) is 0.467. The lowest BCUT2D eigenvalue weighted by atomic mass is 9.95. The Hall–Kier alpha value is -2.52. The highest BCUT2D eigenvalue weighted by Gasteiger charge is 2.54. The van der Waals surface area contributed by atoms with E-state index in [1.54, 1.807) is 6.92 Å². The average Bonchev–Trinajstić information content (AvgIpc) is 2.92. The first-order valence-corrected chi connectivity index (χ1v) is 7.39. The normalized spacial score (nSPS) is 23.1. The summed E-state index contributed by atoms with van der Waals surface area (Å²) in [5.41, 5.74) is -2.39. The zero-order valence-electron chi connectivity index (χ0n) is 13.0. The van der Waals surface area contributed by atoms with Crippen LogP contribution in [0, 0.1) is 10.1 Å². The Balaban J connectivity index is 2.47. The highest BCUT2D eigenvalue weighted by Crippen LogP contribution is 2.33. The van der Waals surface area contributed by atoms with E-state index in [4.69, 9.17) is 4.74 Å². The van der Waals surface area contributed by atoms with Gasteiger partial charge in [0, 0.05) is 19.0 Å². The van der Waals surface area contributed by atoms with Gasteiger partial charge in [-0.2, -0.15) is 0 Å². The van der Waals surface area contributed by atoms with Crippen molar-refractivity contribution in [3.05, 3.63) is 39.9 Å². The van der Waals surface area contributed by atoms with Crippen molar-refractivity contribution in [2.75, 3.05) is 19.8 Å². The molecule has 0 aliphatic carbocycles. The lowest BCUT2D eigenvalue weighted by Gasteiger charge is -2.34. The van der Waals surface area contributed by atoms with Gasteiger partial charge in [-0.3, -0.25) is 14.9 Å². The number of nitro groups is 1. The topological polar surface area (TPSA) is 130 Å². The number of carbonyl (C=O) groups excluding carboxylic acids is 2. The molecule has 0 radical (unpaired) electrons. The number of amides is 1. The van der Waals surface area contributed by atoms with Gasteiger partial charge >= 0.3 is 5.97 Å². The van der Waals surface area contributed by atoms with E-state index >= 15 is 0 Å². The monoisotopic (exact) mass is 338 g/mol. The summed E-state index contributed by atoms with van der Waals surface area (Å²) in [4.78, 5) is 36.5. The van der Waals surface area contributed by atoms with Crippen LogP contribution in [-0.2, 0) is 9.53 Å². The molecule has 2 N–H and O–H groups in total. The number of nitro benzene ring substituents is 1. The predicted octanol–water partition coefficient (Wildman–Crippen LogP) is 0.0958. The maximum Gasteiger partial charge on any atom is 0.334 e. The number of nitrogens with zero attached hydrogens (tertiary/aromatic N) is 2. The first-order valence-electron chi connectivity index (χ1n) is 7.39. The van der Waals surface area contributed by atoms with Gasteiger partial charge in [-0.1, -0.05) is 12.1 Å². The van der Waals surface area contributed by atoms with Gasteiger partial charge in [0.1, 0.15) is 5.56 Å². The Morgan fingerprint density at radius 1 is 1.46 bits per heavy atom. The number of likely N-dealkylation sites (tertiary alicyclic amines) is 1. The fourth-order valence-electron chi connectivity index (χ4n) is 2.86. The van der Waals surface area contributed by atoms with Crippen molar-refractivity contribution in [2.24, 2.45) is 0 Å². The third kappa shape index (κ3) is 2.95. The van der Waals surface area contributed by atoms with Crippen molar-refractivity contribution in [3.8, 4) is 0 Å². The molecule has 1 aliphatic heterocycles. The number of esters is 1. The molecule has 0 saturated carbocycles. The molecule has 9 nitrogen and oxygen atoms in total. The molecule has 1 heterocycles. The maximum atomic E-state index is 12.8. The zero-order valence-corrected chi connectivity index (χ0v) is 13.0. The van der Waals surface area contributed by atoms with Crippen LogP contribution in [0.15, 0.2) is 24.3 Å². The van der Waals surface area contributed by atoms with Crippen LogP contribution in [0.5, 0.6) is 0 Å². The first kappa shape index (κ1) is 17.8. The molecule has 2 unspecified atom stereocenters. The predicted molar refractivity (Wildman–Crippen MR) is 81.2 cm³/mol. The lowest BCUT2D eigenvalue weighted by molar-refractivity contribution is -0.385. The number of carbonyl (C=O) groups is 2. The molecule has 130 valence electrons. The van der Waals surface area contributed by atoms with Gasteiger partial charge in [-0.15, -0.1) is 0 Å². The molecule has 2 atom stereocenters. The molecule has 1 aromatic rings. The van der Waals surface area contributed by atoms with E-state index in [2.05, 4.69) is 0 Å². The van der Waals surface area contributed by atoms with Crippen LogP contribution in [0.2, 0.25) is 0 Å². The third-order valence-corrected chi connectivity index (χ3v) is 3.98. The number of ether oxygens (including phenoxy) is 1. The summed E-state index contributed by atoms with van der Waals surface area (Å²) in [7, 11) is 0. The van der Waals surface area contributed by atoms with Gasteiger partial charge in [0.15, 0.2) is 5.54 Å². The van der Waals surface area contributed by atoms with E-state index in [-0.39, 0.29) is 25.1 Å². The molecule has 2 rings (SSSR count). The Morgan fingerprint density at radius 2 is 2.12 bits per heavy atom. The molecule has 1 aliphatic rings. The molecule has 1 amide bonds. The number of para-hydroxylation sites is 1. The molecule has 0 aromatic heterocycles. The van der Waals surface area contributed by atoms with Crippen LogP contribution in [-0.4, -0.2) is 63.3 Å². The number of rotatable bonds is 5. The minimum absolute atomic E-state index is 0.0319. The van der Waals surface area contributed by atoms with E-state index in [1.165, 1.54) is 24.3 Å². The number of β-amino-alcohol motifs (C(OH)–C–C–N with tert-alkyl or cyclic N) is 1. The number of aliphatic hydroxyl groups is 2. The minimum Gasteiger partial charge on any atom is -0.464 e. The SMILES string of the molecule is CCOC(=O)C1(CO)CC(O)CN1C(=O)c1ccccc1[N+](=O)[O-]. The first-order chi connectivity index (χ1) is 11.4. The van der Waals surface area contributed by atoms with Gasteiger partial charge in [0.05, 0.1) is 24.2 Å². The van der Waals surface area contributed by atoms with E-state index in [0.717, 1.165) is 4.90 Å². The standard InChI is InChI=1S/C15H18N2O7/c1-2-24-14(21)15(9-18)7-10(19)8-16(15)13(20)11-5-3-4-6-12(11)17(22)23/h3-6,10,18-19H,2,7-9H2,1H3. The van der Waals surface area contributed by atoms with Crippen LogP contribution in [0.1, 0.15) is 23.7 Å². The van der Waals surface area contributed by atoms with E-state index < -0.39 is 40.7 Å². The molecule has 24 heavy (non-hydrogen) atoms. The average molecular weight is 338 g/mol. The van der Waals surface area contributed by atoms with Crippen molar-refractivity contribution in [3.63, 3.8) is 0 Å². The van der Waals surface area contributed by atoms with Crippen molar-refractivity contribution in [1.82, 2.24) is 4.90 Å². The number of hydrogen-bond donors (Lipinski definition) is 2. The Kier molecular flexibility index (Phi) is 5.15. The summed E-state index contributed by atoms with van der Waals surface area (Å²) in [6.45, 7) is 0.617. The van der Waals surface area contributed by atoms with Crippen LogP contribution < -0.4 is 0 Å². The van der Waals surface area contributed by atoms with Gasteiger partial charge in [-0.05, 0) is 13.0 Å². The summed E-state index contributed by atoms with van der Waals surface area (Å²) >= 11 is 0. The van der Waals surface area contributed by atoms with Crippen molar-refractivity contribution in [1.29, 1.82) is 0 Å². The molecular formula is C15H18N2O7. The largest absolute Gasteiger partial charge is 0.464 e. The second-order valence-electron chi connectivity index (χ2n) is 5.46. The second kappa shape index (κ2) is 6.93. The summed E-state index contributed by atoms with van der Waals surface area (Å²) in [6.07, 6.45) is -1.25. The summed E-state index contributed by atoms with van der Waals surface area (Å²) in [5, 5.41) is 30.8. The van der Waals surface area contributed by atoms with Gasteiger partial charge in [0.2, 0.25) is 0 Å². The molecule has 0 bridgehead atoms. The van der Waals surface area contributed by atoms with Crippen molar-refractivity contribution in [2.45, 2.75) is 25.0 Å². The minimum atomic E-state index is -1.75. The van der Waals surface area contributed by atoms with Crippen LogP contribution >= 0.6 is 0 Å². The van der Waals surface area contributed by atoms with Gasteiger partial charge in [0.25, 0.3) is 11.6 Å². The summed E-state index contributed by atoms with van der Waals surface area (Å²) < 4.78 is 4.92. The van der Waals surface area contributed by atoms with Crippen molar-refractivity contribution < 1.29 is 29.5 Å². The van der Waals surface area contributed by atoms with E-state index in [9.17, 15) is 29.9 Å². The van der Waals surface area contributed by atoms with Crippen LogP contribution in [0.3, 0.4) is 0 Å². The molecule has 1 saturated heterocycles. The van der Waals surface area contributed by atoms with Gasteiger partial charge in [-0.25, -0.2) is 4.79 Å². The highest BCUT2D eigenvalue weighted by molar-refractivity contribution is 6.01. The number of hydrogen-bond acceptors (Lipinski definition) is 7. The Bertz CT molecular complexity index is 663. The van der Waals surface area contributed by atoms with E-state index in [0.29, 0.717) is 0 Å². The quantitative estimate of drug-likeness (QED) is 0.442. The molecule has 1 fully saturated rings. The second-order valence-corrected chi connectivity index (χ2v) is 5.46. The number of aliphatic hydroxyl groups excluding tert-OH is 2. The summed E-state index contributed by atoms with van der Waals surface area (Å²) in [6, 6.07) is 5.30. The Morgan fingerprint density at radius 3 is 2.71 bits per heavy atom. The van der Waals surface area contributed by atoms with Gasteiger partial charge < -0.3 is 19.8 Å². The smallest absolute Gasteiger partial charge is 0.334 e. The molecule has 0 spiro atoms. The third-order valence-electron chi connectivity index (χ3n) is 3.98. The highest BCUT2D eigenvalue weighted by atomic mass is 16.6. The Labute approximate surface area is 137 Å². The maximum absolute atomic E-state index is 12.8. The lowest BCUT2D eigenvalue weighted by Crippen LogP contribution is -2.56. The molecular weight excluding hydrogens is 320 g/mol. The summed E-state index contributed by atoms with van der Waals surface area (Å²) in [5.74, 6) is -1.67. The van der Waals surface area contributed by atoms with Crippen LogP contribution in [0.4, 0.5) is 5.69 Å². The fourth-order valence-corrected chi connectivity index (χ4v) is 2.86. The molecule has 1 aromatic carbocycles. The zero-order chi connectivity index (χ0) is 17.9.